The highest BCUT2D eigenvalue weighted by atomic mass is 79.9. The van der Waals surface area contributed by atoms with Crippen molar-refractivity contribution >= 4 is 36.8 Å². The normalized spacial score (nSPS) is 24.3. The van der Waals surface area contributed by atoms with Gasteiger partial charge in [0.25, 0.3) is 0 Å². The van der Waals surface area contributed by atoms with Gasteiger partial charge < -0.3 is 0 Å². The van der Waals surface area contributed by atoms with Crippen LogP contribution in [0.15, 0.2) is 27.6 Å². The number of halogens is 2. The molecule has 1 heterocycles. The van der Waals surface area contributed by atoms with Crippen LogP contribution in [0.1, 0.15) is 12.8 Å². The number of hydrogen-bond acceptors (Lipinski definition) is 3. The SMILES string of the molecule is O=S1CCC(NS(=O)(=O)c2ccc(Br)cc2F)CC1. The molecule has 4 nitrogen and oxygen atoms in total. The van der Waals surface area contributed by atoms with Gasteiger partial charge in [-0.05, 0) is 31.0 Å². The van der Waals surface area contributed by atoms with E-state index in [1.54, 1.807) is 0 Å². The predicted octanol–water partition coefficient (Wildman–Crippen LogP) is 1.78. The lowest BCUT2D eigenvalue weighted by Gasteiger charge is -2.22. The molecule has 0 aromatic heterocycles. The van der Waals surface area contributed by atoms with Crippen LogP contribution in [0, 0.1) is 5.82 Å². The minimum Gasteiger partial charge on any atom is -0.260 e. The van der Waals surface area contributed by atoms with Crippen LogP contribution in [0.4, 0.5) is 4.39 Å². The summed E-state index contributed by atoms with van der Waals surface area (Å²) in [4.78, 5) is -0.359. The molecule has 0 saturated carbocycles. The Bertz CT molecular complexity index is 596. The summed E-state index contributed by atoms with van der Waals surface area (Å²) in [6.45, 7) is 0. The fourth-order valence-corrected chi connectivity index (χ4v) is 4.88. The largest absolute Gasteiger partial charge is 0.260 e. The van der Waals surface area contributed by atoms with Gasteiger partial charge in [-0.3, -0.25) is 4.21 Å². The molecule has 0 aliphatic carbocycles. The summed E-state index contributed by atoms with van der Waals surface area (Å²) in [7, 11) is -4.73. The van der Waals surface area contributed by atoms with E-state index in [9.17, 15) is 17.0 Å². The van der Waals surface area contributed by atoms with Gasteiger partial charge in [0.1, 0.15) is 10.7 Å². The van der Waals surface area contributed by atoms with Crippen molar-refractivity contribution in [3.63, 3.8) is 0 Å². The van der Waals surface area contributed by atoms with Gasteiger partial charge in [0.05, 0.1) is 0 Å². The van der Waals surface area contributed by atoms with Crippen molar-refractivity contribution in [3.8, 4) is 0 Å². The predicted molar refractivity (Wildman–Crippen MR) is 75.3 cm³/mol. The first-order valence-corrected chi connectivity index (χ1v) is 9.47. The Labute approximate surface area is 122 Å². The highest BCUT2D eigenvalue weighted by Crippen LogP contribution is 2.20. The van der Waals surface area contributed by atoms with Crippen LogP contribution < -0.4 is 4.72 Å². The zero-order valence-corrected chi connectivity index (χ0v) is 13.2. The van der Waals surface area contributed by atoms with Gasteiger partial charge in [-0.1, -0.05) is 15.9 Å². The molecule has 0 spiro atoms. The van der Waals surface area contributed by atoms with Crippen molar-refractivity contribution in [2.24, 2.45) is 0 Å². The second-order valence-electron chi connectivity index (χ2n) is 4.32. The second-order valence-corrected chi connectivity index (χ2v) is 8.61. The van der Waals surface area contributed by atoms with Gasteiger partial charge in [-0.2, -0.15) is 0 Å². The van der Waals surface area contributed by atoms with Crippen LogP contribution in [0.2, 0.25) is 0 Å². The van der Waals surface area contributed by atoms with E-state index in [2.05, 4.69) is 20.7 Å². The van der Waals surface area contributed by atoms with Gasteiger partial charge in [0.15, 0.2) is 0 Å². The van der Waals surface area contributed by atoms with E-state index in [4.69, 9.17) is 0 Å². The molecular weight excluding hydrogens is 357 g/mol. The molecule has 8 heteroatoms. The van der Waals surface area contributed by atoms with Gasteiger partial charge >= 0.3 is 0 Å². The highest BCUT2D eigenvalue weighted by molar-refractivity contribution is 9.10. The first-order valence-electron chi connectivity index (χ1n) is 5.71. The zero-order valence-electron chi connectivity index (χ0n) is 9.93. The minimum absolute atomic E-state index is 0.272. The smallest absolute Gasteiger partial charge is 0.243 e. The highest BCUT2D eigenvalue weighted by Gasteiger charge is 2.26. The molecule has 1 aromatic rings. The molecule has 2 rings (SSSR count). The lowest BCUT2D eigenvalue weighted by Crippen LogP contribution is -2.39. The average molecular weight is 370 g/mol. The van der Waals surface area contributed by atoms with Crippen molar-refractivity contribution in [2.45, 2.75) is 23.8 Å². The van der Waals surface area contributed by atoms with E-state index >= 15 is 0 Å². The van der Waals surface area contributed by atoms with Crippen LogP contribution >= 0.6 is 15.9 Å². The maximum Gasteiger partial charge on any atom is 0.243 e. The molecule has 0 bridgehead atoms. The summed E-state index contributed by atoms with van der Waals surface area (Å²) < 4.78 is 52.0. The van der Waals surface area contributed by atoms with Crippen LogP contribution in [-0.4, -0.2) is 30.2 Å². The molecule has 0 amide bonds. The molecule has 1 saturated heterocycles. The number of sulfonamides is 1. The molecule has 0 unspecified atom stereocenters. The molecular formula is C11H13BrFNO3S2. The molecule has 1 aromatic carbocycles. The van der Waals surface area contributed by atoms with E-state index < -0.39 is 26.6 Å². The maximum absolute atomic E-state index is 13.7. The summed E-state index contributed by atoms with van der Waals surface area (Å²) in [6.07, 6.45) is 1.04. The number of rotatable bonds is 3. The Balaban J connectivity index is 2.16. The summed E-state index contributed by atoms with van der Waals surface area (Å²) in [5.41, 5.74) is 0. The third-order valence-electron chi connectivity index (χ3n) is 2.89. The Morgan fingerprint density at radius 2 is 1.95 bits per heavy atom. The van der Waals surface area contributed by atoms with Crippen LogP contribution in [-0.2, 0) is 20.8 Å². The van der Waals surface area contributed by atoms with Crippen molar-refractivity contribution < 1.29 is 17.0 Å². The third-order valence-corrected chi connectivity index (χ3v) is 6.32. The van der Waals surface area contributed by atoms with E-state index in [1.807, 2.05) is 0 Å². The summed E-state index contributed by atoms with van der Waals surface area (Å²) in [5, 5.41) is 0. The summed E-state index contributed by atoms with van der Waals surface area (Å²) in [5.74, 6) is 0.174. The monoisotopic (exact) mass is 369 g/mol. The van der Waals surface area contributed by atoms with Gasteiger partial charge in [-0.15, -0.1) is 0 Å². The van der Waals surface area contributed by atoms with Crippen molar-refractivity contribution in [1.82, 2.24) is 4.72 Å². The number of benzene rings is 1. The van der Waals surface area contributed by atoms with E-state index in [1.165, 1.54) is 12.1 Å². The number of hydrogen-bond donors (Lipinski definition) is 1. The van der Waals surface area contributed by atoms with Crippen molar-refractivity contribution in [2.75, 3.05) is 11.5 Å². The Hall–Kier alpha value is -0.310. The molecule has 1 aliphatic rings. The van der Waals surface area contributed by atoms with Gasteiger partial charge in [0.2, 0.25) is 10.0 Å². The lowest BCUT2D eigenvalue weighted by atomic mass is 10.2. The zero-order chi connectivity index (χ0) is 14.0. The molecule has 1 fully saturated rings. The molecule has 19 heavy (non-hydrogen) atoms. The first-order chi connectivity index (χ1) is 8.88. The first kappa shape index (κ1) is 15.1. The van der Waals surface area contributed by atoms with Crippen molar-refractivity contribution in [1.29, 1.82) is 0 Å². The third kappa shape index (κ3) is 3.84. The van der Waals surface area contributed by atoms with Crippen LogP contribution in [0.25, 0.3) is 0 Å². The van der Waals surface area contributed by atoms with Gasteiger partial charge in [-0.25, -0.2) is 17.5 Å². The Morgan fingerprint density at radius 1 is 1.32 bits per heavy atom. The molecule has 1 aliphatic heterocycles. The molecule has 0 atom stereocenters. The second kappa shape index (κ2) is 5.99. The Morgan fingerprint density at radius 3 is 2.53 bits per heavy atom. The topological polar surface area (TPSA) is 63.2 Å². The van der Waals surface area contributed by atoms with Crippen LogP contribution in [0.5, 0.6) is 0 Å². The maximum atomic E-state index is 13.7. The lowest BCUT2D eigenvalue weighted by molar-refractivity contribution is 0.513. The number of nitrogens with one attached hydrogen (secondary N) is 1. The fourth-order valence-electron chi connectivity index (χ4n) is 1.89. The molecule has 0 radical (unpaired) electrons. The van der Waals surface area contributed by atoms with E-state index in [-0.39, 0.29) is 10.9 Å². The molecule has 106 valence electrons. The van der Waals surface area contributed by atoms with Crippen molar-refractivity contribution in [3.05, 3.63) is 28.5 Å². The van der Waals surface area contributed by atoms with Crippen LogP contribution in [0.3, 0.4) is 0 Å². The summed E-state index contributed by atoms with van der Waals surface area (Å²) in [6, 6.07) is 3.55. The molecule has 1 N–H and O–H groups in total. The summed E-state index contributed by atoms with van der Waals surface area (Å²) >= 11 is 3.08. The fraction of sp³-hybridized carbons (Fsp3) is 0.455. The average Bonchev–Trinajstić information content (AvgIpc) is 2.31. The van der Waals surface area contributed by atoms with E-state index in [0.29, 0.717) is 28.8 Å². The van der Waals surface area contributed by atoms with E-state index in [0.717, 1.165) is 6.07 Å². The quantitative estimate of drug-likeness (QED) is 0.882. The Kier molecular flexibility index (Phi) is 4.75. The van der Waals surface area contributed by atoms with Gasteiger partial charge in [0, 0.05) is 32.8 Å². The standard InChI is InChI=1S/C11H13BrFNO3S2/c12-8-1-2-11(10(13)7-8)19(16,17)14-9-3-5-18(15)6-4-9/h1-2,7,9,14H,3-6H2. The minimum atomic E-state index is -3.87.